The minimum Gasteiger partial charge on any atom is -0.464 e. The van der Waals surface area contributed by atoms with E-state index in [1.807, 2.05) is 30.4 Å². The van der Waals surface area contributed by atoms with Crippen molar-refractivity contribution in [3.05, 3.63) is 205 Å². The third kappa shape index (κ3) is 5.19. The van der Waals surface area contributed by atoms with Crippen LogP contribution in [-0.4, -0.2) is 6.04 Å². The highest BCUT2D eigenvalue weighted by atomic mass is 16.5. The lowest BCUT2D eigenvalue weighted by atomic mass is 9.76. The number of ether oxygens (including phenoxy) is 1. The first-order valence-corrected chi connectivity index (χ1v) is 18.7. The smallest absolute Gasteiger partial charge is 0.143 e. The summed E-state index contributed by atoms with van der Waals surface area (Å²) in [5, 5.41) is 6.24. The Morgan fingerprint density at radius 1 is 0.630 bits per heavy atom. The Morgan fingerprint density at radius 3 is 2.19 bits per heavy atom. The second kappa shape index (κ2) is 12.5. The molecule has 3 aliphatic rings. The van der Waals surface area contributed by atoms with Gasteiger partial charge in [0.05, 0.1) is 12.3 Å². The second-order valence-corrected chi connectivity index (χ2v) is 15.0. The van der Waals surface area contributed by atoms with Gasteiger partial charge < -0.3 is 14.5 Å². The van der Waals surface area contributed by atoms with Gasteiger partial charge in [0.1, 0.15) is 16.9 Å². The van der Waals surface area contributed by atoms with Crippen molar-refractivity contribution in [2.75, 3.05) is 5.32 Å². The molecule has 0 saturated heterocycles. The summed E-state index contributed by atoms with van der Waals surface area (Å²) in [6, 6.07) is 47.7. The number of nitrogens with one attached hydrogen (secondary N) is 1. The van der Waals surface area contributed by atoms with Crippen LogP contribution < -0.4 is 10.1 Å². The first-order chi connectivity index (χ1) is 26.4. The molecule has 2 atom stereocenters. The lowest BCUT2D eigenvalue weighted by Crippen LogP contribution is -2.29. The van der Waals surface area contributed by atoms with Crippen LogP contribution in [0.2, 0.25) is 0 Å². The minimum absolute atomic E-state index is 0.0353. The van der Waals surface area contributed by atoms with Crippen molar-refractivity contribution in [2.24, 2.45) is 0 Å². The van der Waals surface area contributed by atoms with E-state index in [2.05, 4.69) is 159 Å². The Bertz CT molecular complexity index is 2750. The largest absolute Gasteiger partial charge is 0.464 e. The van der Waals surface area contributed by atoms with Gasteiger partial charge in [-0.3, -0.25) is 0 Å². The van der Waals surface area contributed by atoms with Crippen molar-refractivity contribution < 1.29 is 9.15 Å². The van der Waals surface area contributed by atoms with Crippen molar-refractivity contribution in [1.29, 1.82) is 0 Å². The summed E-state index contributed by atoms with van der Waals surface area (Å²) in [5.41, 5.74) is 15.8. The van der Waals surface area contributed by atoms with Crippen molar-refractivity contribution in [3.63, 3.8) is 0 Å². The standard InChI is InChI=1S/C51H39NO2/c1-32-12-8-9-29-53-49-37(32)15-10-16-38(49)33-21-23-35(24-22-33)43-30-44-40-13-4-6-19-45(40)51(2,3)46(44)31-47(43)52-36-27-25-34(26-28-36)39-17-11-18-42-41-14-5-7-20-48(41)54-50(39)42/h4-31,43,47,52H,1H2,2-3H3/b12-8-,29-9-. The van der Waals surface area contributed by atoms with E-state index in [1.54, 1.807) is 6.26 Å². The SMILES string of the molecule is C=C1/C=C\C=C/Oc2c1cccc2-c1ccc(C2C=C3C(=CC2Nc2ccc(-c4cccc5c4oc4ccccc45)cc2)C(C)(C)c2ccccc23)cc1. The first kappa shape index (κ1) is 32.1. The number of fused-ring (bicyclic) bond motifs is 7. The molecule has 0 radical (unpaired) electrons. The lowest BCUT2D eigenvalue weighted by Gasteiger charge is -2.33. The summed E-state index contributed by atoms with van der Waals surface area (Å²) < 4.78 is 12.5. The van der Waals surface area contributed by atoms with E-state index in [1.165, 1.54) is 27.8 Å². The molecule has 54 heavy (non-hydrogen) atoms. The predicted molar refractivity (Wildman–Crippen MR) is 225 cm³/mol. The molecule has 0 bridgehead atoms. The highest BCUT2D eigenvalue weighted by molar-refractivity contribution is 6.09. The molecule has 2 aliphatic carbocycles. The quantitative estimate of drug-likeness (QED) is 0.194. The molecule has 0 amide bonds. The fraction of sp³-hybridized carbons (Fsp3) is 0.0980. The number of furan rings is 1. The zero-order valence-corrected chi connectivity index (χ0v) is 30.3. The van der Waals surface area contributed by atoms with E-state index in [0.717, 1.165) is 66.8 Å². The molecule has 3 nitrogen and oxygen atoms in total. The van der Waals surface area contributed by atoms with Crippen LogP contribution in [-0.2, 0) is 5.41 Å². The minimum atomic E-state index is -0.0933. The highest BCUT2D eigenvalue weighted by Gasteiger charge is 2.41. The Morgan fingerprint density at radius 2 is 1.31 bits per heavy atom. The normalized spacial score (nSPS) is 19.4. The third-order valence-corrected chi connectivity index (χ3v) is 11.5. The maximum absolute atomic E-state index is 6.37. The maximum atomic E-state index is 6.37. The van der Waals surface area contributed by atoms with Gasteiger partial charge in [-0.2, -0.15) is 0 Å². The lowest BCUT2D eigenvalue weighted by molar-refractivity contribution is 0.481. The number of hydrogen-bond acceptors (Lipinski definition) is 3. The van der Waals surface area contributed by atoms with Crippen molar-refractivity contribution >= 4 is 38.8 Å². The topological polar surface area (TPSA) is 34.4 Å². The summed E-state index contributed by atoms with van der Waals surface area (Å²) in [7, 11) is 0. The molecule has 1 aromatic heterocycles. The molecule has 0 saturated carbocycles. The van der Waals surface area contributed by atoms with Gasteiger partial charge in [-0.25, -0.2) is 0 Å². The monoisotopic (exact) mass is 697 g/mol. The average molecular weight is 698 g/mol. The van der Waals surface area contributed by atoms with Crippen LogP contribution in [0.5, 0.6) is 5.75 Å². The Balaban J connectivity index is 1.01. The summed E-state index contributed by atoms with van der Waals surface area (Å²) in [6.45, 7) is 8.98. The molecule has 1 aliphatic heterocycles. The predicted octanol–water partition coefficient (Wildman–Crippen LogP) is 13.3. The van der Waals surface area contributed by atoms with E-state index in [0.29, 0.717) is 0 Å². The Kier molecular flexibility index (Phi) is 7.45. The maximum Gasteiger partial charge on any atom is 0.143 e. The number of allylic oxidation sites excluding steroid dienone is 6. The van der Waals surface area contributed by atoms with Gasteiger partial charge in [-0.05, 0) is 68.8 Å². The molecule has 260 valence electrons. The summed E-state index contributed by atoms with van der Waals surface area (Å²) in [4.78, 5) is 0. The van der Waals surface area contributed by atoms with Gasteiger partial charge in [0.25, 0.3) is 0 Å². The average Bonchev–Trinajstić information content (AvgIpc) is 3.69. The molecule has 0 spiro atoms. The van der Waals surface area contributed by atoms with Crippen molar-refractivity contribution in [2.45, 2.75) is 31.2 Å². The molecule has 7 aromatic rings. The van der Waals surface area contributed by atoms with Gasteiger partial charge in [0.15, 0.2) is 0 Å². The molecule has 0 fully saturated rings. The third-order valence-electron chi connectivity index (χ3n) is 11.5. The molecule has 3 heteroatoms. The van der Waals surface area contributed by atoms with Crippen LogP contribution in [0.1, 0.15) is 42.0 Å². The summed E-state index contributed by atoms with van der Waals surface area (Å²) >= 11 is 0. The van der Waals surface area contributed by atoms with Gasteiger partial charge in [-0.1, -0.05) is 160 Å². The van der Waals surface area contributed by atoms with Crippen LogP contribution in [0.3, 0.4) is 0 Å². The Hall–Kier alpha value is -6.58. The van der Waals surface area contributed by atoms with E-state index < -0.39 is 0 Å². The summed E-state index contributed by atoms with van der Waals surface area (Å²) in [6.07, 6.45) is 12.6. The second-order valence-electron chi connectivity index (χ2n) is 15.0. The summed E-state index contributed by atoms with van der Waals surface area (Å²) in [5.74, 6) is 0.928. The number of benzene rings is 6. The highest BCUT2D eigenvalue weighted by Crippen LogP contribution is 2.53. The van der Waals surface area contributed by atoms with Gasteiger partial charge >= 0.3 is 0 Å². The van der Waals surface area contributed by atoms with Gasteiger partial charge in [0.2, 0.25) is 0 Å². The van der Waals surface area contributed by atoms with E-state index in [9.17, 15) is 0 Å². The van der Waals surface area contributed by atoms with Gasteiger partial charge in [0, 0.05) is 44.5 Å². The molecular formula is C51H39NO2. The van der Waals surface area contributed by atoms with E-state index >= 15 is 0 Å². The zero-order valence-electron chi connectivity index (χ0n) is 30.3. The van der Waals surface area contributed by atoms with E-state index in [-0.39, 0.29) is 17.4 Å². The molecule has 6 aromatic carbocycles. The molecular weight excluding hydrogens is 659 g/mol. The number of anilines is 1. The fourth-order valence-corrected chi connectivity index (χ4v) is 8.73. The van der Waals surface area contributed by atoms with Crippen molar-refractivity contribution in [3.8, 4) is 28.0 Å². The van der Waals surface area contributed by atoms with Crippen LogP contribution in [0.25, 0.3) is 55.3 Å². The van der Waals surface area contributed by atoms with Crippen LogP contribution >= 0.6 is 0 Å². The van der Waals surface area contributed by atoms with Crippen LogP contribution in [0, 0.1) is 0 Å². The van der Waals surface area contributed by atoms with Crippen LogP contribution in [0.4, 0.5) is 5.69 Å². The number of rotatable bonds is 5. The molecule has 2 heterocycles. The Labute approximate surface area is 315 Å². The van der Waals surface area contributed by atoms with E-state index in [4.69, 9.17) is 9.15 Å². The molecule has 10 rings (SSSR count). The molecule has 1 N–H and O–H groups in total. The number of para-hydroxylation sites is 3. The fourth-order valence-electron chi connectivity index (χ4n) is 8.73. The molecule has 2 unspecified atom stereocenters. The number of hydrogen-bond donors (Lipinski definition) is 1. The zero-order chi connectivity index (χ0) is 36.4. The van der Waals surface area contributed by atoms with Crippen LogP contribution in [0.15, 0.2) is 187 Å². The van der Waals surface area contributed by atoms with Gasteiger partial charge in [-0.15, -0.1) is 0 Å². The van der Waals surface area contributed by atoms with Crippen molar-refractivity contribution in [1.82, 2.24) is 0 Å². The first-order valence-electron chi connectivity index (χ1n) is 18.7.